The normalized spacial score (nSPS) is 14.2. The summed E-state index contributed by atoms with van der Waals surface area (Å²) in [5.74, 6) is 5.10. The molecule has 3 N–H and O–H groups in total. The van der Waals surface area contributed by atoms with E-state index >= 15 is 0 Å². The minimum absolute atomic E-state index is 0.149. The average molecular weight is 426 g/mol. The van der Waals surface area contributed by atoms with Crippen molar-refractivity contribution in [3.05, 3.63) is 95.1 Å². The minimum atomic E-state index is -1.19. The first kappa shape index (κ1) is 21.3. The highest BCUT2D eigenvalue weighted by Gasteiger charge is 2.38. The second-order valence-electron chi connectivity index (χ2n) is 7.66. The summed E-state index contributed by atoms with van der Waals surface area (Å²) >= 11 is 0. The maximum Gasteiger partial charge on any atom is 0.268 e. The van der Waals surface area contributed by atoms with Crippen LogP contribution in [0.3, 0.4) is 0 Å². The highest BCUT2D eigenvalue weighted by Crippen LogP contribution is 2.27. The molecule has 0 saturated carbocycles. The van der Waals surface area contributed by atoms with E-state index < -0.39 is 18.1 Å². The summed E-state index contributed by atoms with van der Waals surface area (Å²) in [4.78, 5) is 26.0. The number of rotatable bonds is 4. The monoisotopic (exact) mass is 426 g/mol. The van der Waals surface area contributed by atoms with Gasteiger partial charge in [-0.05, 0) is 53.9 Å². The van der Waals surface area contributed by atoms with Gasteiger partial charge in [-0.1, -0.05) is 54.3 Å². The Bertz CT molecular complexity index is 1230. The van der Waals surface area contributed by atoms with Crippen LogP contribution in [-0.2, 0) is 11.3 Å². The van der Waals surface area contributed by atoms with Crippen molar-refractivity contribution in [2.75, 3.05) is 0 Å². The smallest absolute Gasteiger partial charge is 0.268 e. The van der Waals surface area contributed by atoms with Gasteiger partial charge in [-0.3, -0.25) is 14.8 Å². The number of hydrogen-bond acceptors (Lipinski definition) is 4. The van der Waals surface area contributed by atoms with Crippen LogP contribution in [0.25, 0.3) is 11.1 Å². The summed E-state index contributed by atoms with van der Waals surface area (Å²) in [6.07, 6.45) is -1.14. The van der Waals surface area contributed by atoms with Crippen LogP contribution in [0.4, 0.5) is 0 Å². The Kier molecular flexibility index (Phi) is 6.04. The first-order valence-electron chi connectivity index (χ1n) is 10.2. The van der Waals surface area contributed by atoms with Gasteiger partial charge in [0.05, 0.1) is 6.10 Å². The Morgan fingerprint density at radius 2 is 1.66 bits per heavy atom. The number of fused-ring (bicyclic) bond motifs is 1. The predicted octanol–water partition coefficient (Wildman–Crippen LogP) is 2.96. The molecule has 2 atom stereocenters. The Hall–Kier alpha value is -3.92. The Balaban J connectivity index is 1.58. The van der Waals surface area contributed by atoms with E-state index in [0.29, 0.717) is 5.56 Å². The standard InChI is InChI=1S/C26H22N2O4/c1-17(29)24(25(30)27-32)28-16-22-15-19(12-13-23(22)26(28)31)11-10-18-6-5-9-21(14-18)20-7-3-2-4-8-20/h2-9,12-15,17,24,29,32H,16H2,1H3,(H,27,30)/t17-,24+/m1/s1. The molecule has 2 amide bonds. The number of benzene rings is 3. The number of hydrogen-bond donors (Lipinski definition) is 3. The highest BCUT2D eigenvalue weighted by molar-refractivity contribution is 6.01. The van der Waals surface area contributed by atoms with Crippen LogP contribution in [0.2, 0.25) is 0 Å². The predicted molar refractivity (Wildman–Crippen MR) is 120 cm³/mol. The lowest BCUT2D eigenvalue weighted by molar-refractivity contribution is -0.137. The van der Waals surface area contributed by atoms with Crippen LogP contribution in [0.5, 0.6) is 0 Å². The first-order chi connectivity index (χ1) is 15.5. The Morgan fingerprint density at radius 3 is 2.34 bits per heavy atom. The molecule has 0 aliphatic carbocycles. The van der Waals surface area contributed by atoms with Crippen LogP contribution in [0.15, 0.2) is 72.8 Å². The SMILES string of the molecule is C[C@@H](O)[C@@H](C(=O)NO)N1Cc2cc(C#Cc3cccc(-c4ccccc4)c3)ccc2C1=O. The molecule has 3 aromatic carbocycles. The van der Waals surface area contributed by atoms with Gasteiger partial charge in [-0.25, -0.2) is 5.48 Å². The van der Waals surface area contributed by atoms with Gasteiger partial charge < -0.3 is 10.0 Å². The van der Waals surface area contributed by atoms with E-state index in [2.05, 4.69) is 11.8 Å². The second-order valence-corrected chi connectivity index (χ2v) is 7.66. The lowest BCUT2D eigenvalue weighted by Gasteiger charge is -2.27. The van der Waals surface area contributed by atoms with Crippen LogP contribution < -0.4 is 5.48 Å². The molecule has 0 spiro atoms. The zero-order valence-electron chi connectivity index (χ0n) is 17.4. The molecule has 0 aromatic heterocycles. The number of carbonyl (C=O) groups excluding carboxylic acids is 2. The molecule has 6 nitrogen and oxygen atoms in total. The van der Waals surface area contributed by atoms with Gasteiger partial charge in [0.25, 0.3) is 11.8 Å². The number of aliphatic hydroxyl groups is 1. The molecular weight excluding hydrogens is 404 g/mol. The lowest BCUT2D eigenvalue weighted by Crippen LogP contribution is -2.52. The summed E-state index contributed by atoms with van der Waals surface area (Å²) in [5, 5.41) is 18.9. The third-order valence-electron chi connectivity index (χ3n) is 5.43. The van der Waals surface area contributed by atoms with E-state index in [1.54, 1.807) is 12.1 Å². The number of carbonyl (C=O) groups is 2. The van der Waals surface area contributed by atoms with Crippen LogP contribution >= 0.6 is 0 Å². The van der Waals surface area contributed by atoms with Crippen molar-refractivity contribution >= 4 is 11.8 Å². The molecule has 6 heteroatoms. The molecule has 0 radical (unpaired) electrons. The van der Waals surface area contributed by atoms with Crippen LogP contribution in [-0.4, -0.2) is 39.2 Å². The summed E-state index contributed by atoms with van der Waals surface area (Å²) in [6.45, 7) is 1.55. The molecule has 3 aromatic rings. The molecular formula is C26H22N2O4. The Labute approximate surface area is 186 Å². The summed E-state index contributed by atoms with van der Waals surface area (Å²) < 4.78 is 0. The molecule has 4 rings (SSSR count). The molecule has 32 heavy (non-hydrogen) atoms. The van der Waals surface area contributed by atoms with Crippen molar-refractivity contribution < 1.29 is 19.9 Å². The zero-order valence-corrected chi connectivity index (χ0v) is 17.4. The molecule has 0 fully saturated rings. The third kappa shape index (κ3) is 4.26. The van der Waals surface area contributed by atoms with Crippen molar-refractivity contribution in [3.63, 3.8) is 0 Å². The first-order valence-corrected chi connectivity index (χ1v) is 10.2. The van der Waals surface area contributed by atoms with Gasteiger partial charge in [-0.15, -0.1) is 0 Å². The third-order valence-corrected chi connectivity index (χ3v) is 5.43. The van der Waals surface area contributed by atoms with E-state index in [9.17, 15) is 14.7 Å². The van der Waals surface area contributed by atoms with Crippen LogP contribution in [0.1, 0.15) is 34.0 Å². The molecule has 1 heterocycles. The molecule has 1 aliphatic heterocycles. The maximum atomic E-state index is 12.7. The molecule has 1 aliphatic rings. The fraction of sp³-hybridized carbons (Fsp3) is 0.154. The zero-order chi connectivity index (χ0) is 22.7. The Morgan fingerprint density at radius 1 is 0.969 bits per heavy atom. The molecule has 0 unspecified atom stereocenters. The van der Waals surface area contributed by atoms with Crippen molar-refractivity contribution in [1.82, 2.24) is 10.4 Å². The molecule has 160 valence electrons. The fourth-order valence-corrected chi connectivity index (χ4v) is 3.88. The maximum absolute atomic E-state index is 12.7. The van der Waals surface area contributed by atoms with Crippen molar-refractivity contribution in [2.24, 2.45) is 0 Å². The largest absolute Gasteiger partial charge is 0.391 e. The fourth-order valence-electron chi connectivity index (χ4n) is 3.88. The topological polar surface area (TPSA) is 89.9 Å². The van der Waals surface area contributed by atoms with Gasteiger partial charge in [0, 0.05) is 23.2 Å². The summed E-state index contributed by atoms with van der Waals surface area (Å²) in [5.41, 5.74) is 6.51. The van der Waals surface area contributed by atoms with Gasteiger partial charge in [-0.2, -0.15) is 0 Å². The van der Waals surface area contributed by atoms with Crippen LogP contribution in [0, 0.1) is 11.8 Å². The summed E-state index contributed by atoms with van der Waals surface area (Å²) in [7, 11) is 0. The van der Waals surface area contributed by atoms with Crippen molar-refractivity contribution in [2.45, 2.75) is 25.6 Å². The molecule has 0 saturated heterocycles. The number of nitrogens with one attached hydrogen (secondary N) is 1. The highest BCUT2D eigenvalue weighted by atomic mass is 16.5. The van der Waals surface area contributed by atoms with Gasteiger partial charge in [0.1, 0.15) is 6.04 Å². The van der Waals surface area contributed by atoms with E-state index in [-0.39, 0.29) is 12.5 Å². The number of nitrogens with zero attached hydrogens (tertiary/aromatic N) is 1. The van der Waals surface area contributed by atoms with Gasteiger partial charge in [0.2, 0.25) is 0 Å². The van der Waals surface area contributed by atoms with E-state index in [0.717, 1.165) is 27.8 Å². The van der Waals surface area contributed by atoms with Gasteiger partial charge >= 0.3 is 0 Å². The quantitative estimate of drug-likeness (QED) is 0.340. The number of hydroxylamine groups is 1. The number of aliphatic hydroxyl groups excluding tert-OH is 1. The van der Waals surface area contributed by atoms with Crippen molar-refractivity contribution in [1.29, 1.82) is 0 Å². The minimum Gasteiger partial charge on any atom is -0.391 e. The van der Waals surface area contributed by atoms with Crippen molar-refractivity contribution in [3.8, 4) is 23.0 Å². The average Bonchev–Trinajstić information content (AvgIpc) is 3.13. The summed E-state index contributed by atoms with van der Waals surface area (Å²) in [6, 6.07) is 22.1. The van der Waals surface area contributed by atoms with E-state index in [1.165, 1.54) is 17.3 Å². The molecule has 0 bridgehead atoms. The number of amides is 2. The van der Waals surface area contributed by atoms with Gasteiger partial charge in [0.15, 0.2) is 0 Å². The second kappa shape index (κ2) is 9.06. The lowest BCUT2D eigenvalue weighted by atomic mass is 10.0. The van der Waals surface area contributed by atoms with E-state index in [1.807, 2.05) is 60.7 Å². The van der Waals surface area contributed by atoms with E-state index in [4.69, 9.17) is 5.21 Å².